The fourth-order valence-electron chi connectivity index (χ4n) is 3.11. The largest absolute Gasteiger partial charge is 0.505 e. The standard InChI is InChI=1S/C22H18F5NO/c1-14-10-17(22(25,26)27)21(29)20(11-14)28(12-15-6-2-4-8-18(15)23)13-16-7-3-5-9-19(16)24/h2-11,29H,12-13H2,1H3. The van der Waals surface area contributed by atoms with Gasteiger partial charge in [-0.1, -0.05) is 36.4 Å². The number of phenolic OH excluding ortho intramolecular Hbond substituents is 1. The summed E-state index contributed by atoms with van der Waals surface area (Å²) >= 11 is 0. The van der Waals surface area contributed by atoms with E-state index in [2.05, 4.69) is 0 Å². The Morgan fingerprint density at radius 3 is 1.76 bits per heavy atom. The fourth-order valence-corrected chi connectivity index (χ4v) is 3.11. The second kappa shape index (κ2) is 8.11. The zero-order chi connectivity index (χ0) is 21.2. The summed E-state index contributed by atoms with van der Waals surface area (Å²) in [6.07, 6.45) is -4.77. The van der Waals surface area contributed by atoms with E-state index in [9.17, 15) is 27.1 Å². The highest BCUT2D eigenvalue weighted by Crippen LogP contribution is 2.42. The van der Waals surface area contributed by atoms with E-state index in [0.717, 1.165) is 6.07 Å². The minimum atomic E-state index is -4.77. The highest BCUT2D eigenvalue weighted by Gasteiger charge is 2.36. The van der Waals surface area contributed by atoms with E-state index in [4.69, 9.17) is 0 Å². The summed E-state index contributed by atoms with van der Waals surface area (Å²) in [4.78, 5) is 1.33. The number of anilines is 1. The molecule has 0 bridgehead atoms. The Morgan fingerprint density at radius 1 is 0.828 bits per heavy atom. The second-order valence-corrected chi connectivity index (χ2v) is 6.72. The van der Waals surface area contributed by atoms with Crippen LogP contribution in [0.1, 0.15) is 22.3 Å². The molecule has 0 amide bonds. The summed E-state index contributed by atoms with van der Waals surface area (Å²) < 4.78 is 68.4. The second-order valence-electron chi connectivity index (χ2n) is 6.72. The highest BCUT2D eigenvalue weighted by atomic mass is 19.4. The lowest BCUT2D eigenvalue weighted by molar-refractivity contribution is -0.138. The van der Waals surface area contributed by atoms with E-state index >= 15 is 0 Å². The van der Waals surface area contributed by atoms with E-state index in [0.29, 0.717) is 0 Å². The van der Waals surface area contributed by atoms with E-state index in [-0.39, 0.29) is 35.5 Å². The van der Waals surface area contributed by atoms with Crippen LogP contribution in [0, 0.1) is 18.6 Å². The van der Waals surface area contributed by atoms with Gasteiger partial charge in [-0.2, -0.15) is 13.2 Å². The smallest absolute Gasteiger partial charge is 0.420 e. The summed E-state index contributed by atoms with van der Waals surface area (Å²) in [5.41, 5.74) is -0.669. The third kappa shape index (κ3) is 4.67. The van der Waals surface area contributed by atoms with Crippen molar-refractivity contribution in [3.8, 4) is 5.75 Å². The quantitative estimate of drug-likeness (QED) is 0.509. The zero-order valence-corrected chi connectivity index (χ0v) is 15.5. The maximum absolute atomic E-state index is 14.2. The normalized spacial score (nSPS) is 11.5. The number of hydrogen-bond donors (Lipinski definition) is 1. The lowest BCUT2D eigenvalue weighted by atomic mass is 10.1. The van der Waals surface area contributed by atoms with Gasteiger partial charge < -0.3 is 10.0 Å². The Balaban J connectivity index is 2.11. The molecule has 0 saturated heterocycles. The summed E-state index contributed by atoms with van der Waals surface area (Å²) in [6, 6.07) is 13.8. The number of alkyl halides is 3. The average molecular weight is 407 g/mol. The van der Waals surface area contributed by atoms with Crippen molar-refractivity contribution >= 4 is 5.69 Å². The first-order valence-corrected chi connectivity index (χ1v) is 8.79. The van der Waals surface area contributed by atoms with Crippen LogP contribution in [0.5, 0.6) is 5.75 Å². The maximum atomic E-state index is 14.2. The first-order valence-electron chi connectivity index (χ1n) is 8.79. The van der Waals surface area contributed by atoms with E-state index in [1.165, 1.54) is 54.3 Å². The number of benzene rings is 3. The van der Waals surface area contributed by atoms with Crippen LogP contribution in [0.4, 0.5) is 27.6 Å². The maximum Gasteiger partial charge on any atom is 0.420 e. The van der Waals surface area contributed by atoms with Crippen LogP contribution in [0.3, 0.4) is 0 Å². The molecule has 0 aliphatic rings. The van der Waals surface area contributed by atoms with Gasteiger partial charge in [-0.05, 0) is 36.8 Å². The first-order chi connectivity index (χ1) is 13.7. The first kappa shape index (κ1) is 20.6. The number of aryl methyl sites for hydroxylation is 1. The third-order valence-electron chi connectivity index (χ3n) is 4.52. The molecule has 0 spiro atoms. The van der Waals surface area contributed by atoms with Crippen LogP contribution in [0.25, 0.3) is 0 Å². The van der Waals surface area contributed by atoms with Crippen molar-refractivity contribution in [2.45, 2.75) is 26.2 Å². The molecule has 3 aromatic rings. The van der Waals surface area contributed by atoms with Gasteiger partial charge in [0.1, 0.15) is 11.6 Å². The molecule has 29 heavy (non-hydrogen) atoms. The Hall–Kier alpha value is -3.09. The number of rotatable bonds is 5. The van der Waals surface area contributed by atoms with Crippen LogP contribution in [0.15, 0.2) is 60.7 Å². The van der Waals surface area contributed by atoms with Crippen molar-refractivity contribution in [2.75, 3.05) is 4.90 Å². The van der Waals surface area contributed by atoms with E-state index in [1.807, 2.05) is 0 Å². The van der Waals surface area contributed by atoms with E-state index < -0.39 is 29.1 Å². The van der Waals surface area contributed by atoms with Crippen LogP contribution < -0.4 is 4.90 Å². The van der Waals surface area contributed by atoms with Crippen LogP contribution in [-0.2, 0) is 19.3 Å². The van der Waals surface area contributed by atoms with Gasteiger partial charge in [0.05, 0.1) is 11.3 Å². The molecular weight excluding hydrogens is 389 g/mol. The van der Waals surface area contributed by atoms with Gasteiger partial charge in [-0.15, -0.1) is 0 Å². The predicted octanol–water partition coefficient (Wildman–Crippen LogP) is 6.20. The van der Waals surface area contributed by atoms with Crippen LogP contribution in [-0.4, -0.2) is 5.11 Å². The van der Waals surface area contributed by atoms with Gasteiger partial charge in [-0.25, -0.2) is 8.78 Å². The van der Waals surface area contributed by atoms with Crippen molar-refractivity contribution in [3.63, 3.8) is 0 Å². The zero-order valence-electron chi connectivity index (χ0n) is 15.5. The van der Waals surface area contributed by atoms with Crippen molar-refractivity contribution in [1.82, 2.24) is 0 Å². The molecule has 0 atom stereocenters. The summed E-state index contributed by atoms with van der Waals surface area (Å²) in [5.74, 6) is -2.07. The summed E-state index contributed by atoms with van der Waals surface area (Å²) in [6.45, 7) is 1.15. The van der Waals surface area contributed by atoms with Crippen molar-refractivity contribution < 1.29 is 27.1 Å². The lowest BCUT2D eigenvalue weighted by Gasteiger charge is -2.28. The van der Waals surface area contributed by atoms with E-state index in [1.54, 1.807) is 12.1 Å². The Labute approximate surface area is 164 Å². The van der Waals surface area contributed by atoms with Gasteiger partial charge in [0.25, 0.3) is 0 Å². The van der Waals surface area contributed by atoms with Gasteiger partial charge in [0, 0.05) is 24.2 Å². The van der Waals surface area contributed by atoms with Gasteiger partial charge in [0.15, 0.2) is 5.75 Å². The van der Waals surface area contributed by atoms with Crippen molar-refractivity contribution in [3.05, 3.63) is 94.6 Å². The Morgan fingerprint density at radius 2 is 1.31 bits per heavy atom. The molecule has 3 rings (SSSR count). The molecule has 0 heterocycles. The lowest BCUT2D eigenvalue weighted by Crippen LogP contribution is -2.24. The molecule has 1 N–H and O–H groups in total. The molecule has 0 radical (unpaired) electrons. The molecule has 0 aliphatic heterocycles. The van der Waals surface area contributed by atoms with Gasteiger partial charge >= 0.3 is 6.18 Å². The Kier molecular flexibility index (Phi) is 5.77. The molecular formula is C22H18F5NO. The number of aromatic hydroxyl groups is 1. The predicted molar refractivity (Wildman–Crippen MR) is 101 cm³/mol. The van der Waals surface area contributed by atoms with Crippen LogP contribution in [0.2, 0.25) is 0 Å². The average Bonchev–Trinajstić information content (AvgIpc) is 2.65. The molecule has 0 aromatic heterocycles. The number of nitrogens with zero attached hydrogens (tertiary/aromatic N) is 1. The summed E-state index contributed by atoms with van der Waals surface area (Å²) in [5, 5.41) is 10.4. The van der Waals surface area contributed by atoms with Gasteiger partial charge in [-0.3, -0.25) is 0 Å². The molecule has 2 nitrogen and oxygen atoms in total. The third-order valence-corrected chi connectivity index (χ3v) is 4.52. The molecule has 152 valence electrons. The van der Waals surface area contributed by atoms with Gasteiger partial charge in [0.2, 0.25) is 0 Å². The minimum absolute atomic E-state index is 0.149. The number of halogens is 5. The molecule has 0 fully saturated rings. The Bertz CT molecular complexity index is 969. The molecule has 7 heteroatoms. The number of hydrogen-bond acceptors (Lipinski definition) is 2. The SMILES string of the molecule is Cc1cc(N(Cc2ccccc2F)Cc2ccccc2F)c(O)c(C(F)(F)F)c1. The molecule has 0 unspecified atom stereocenters. The van der Waals surface area contributed by atoms with Crippen molar-refractivity contribution in [1.29, 1.82) is 0 Å². The minimum Gasteiger partial charge on any atom is -0.505 e. The monoisotopic (exact) mass is 407 g/mol. The highest BCUT2D eigenvalue weighted by molar-refractivity contribution is 5.64. The summed E-state index contributed by atoms with van der Waals surface area (Å²) in [7, 11) is 0. The number of phenols is 1. The molecule has 3 aromatic carbocycles. The molecule has 0 aliphatic carbocycles. The fraction of sp³-hybridized carbons (Fsp3) is 0.182. The molecule has 0 saturated carbocycles. The van der Waals surface area contributed by atoms with Crippen LogP contribution >= 0.6 is 0 Å². The van der Waals surface area contributed by atoms with Crippen molar-refractivity contribution in [2.24, 2.45) is 0 Å². The topological polar surface area (TPSA) is 23.5 Å².